The monoisotopic (exact) mass is 335 g/mol. The molecule has 1 atom stereocenters. The number of rotatable bonds is 7. The predicted octanol–water partition coefficient (Wildman–Crippen LogP) is 2.32. The molecule has 2 rings (SSSR count). The van der Waals surface area contributed by atoms with Crippen molar-refractivity contribution in [2.45, 2.75) is 33.1 Å². The Hall–Kier alpha value is -1.59. The van der Waals surface area contributed by atoms with E-state index in [4.69, 9.17) is 9.47 Å². The lowest BCUT2D eigenvalue weighted by Crippen LogP contribution is -2.49. The Balaban J connectivity index is 1.92. The number of methoxy groups -OCH3 is 1. The number of nitrogens with zero attached hydrogens (tertiary/aromatic N) is 1. The van der Waals surface area contributed by atoms with Gasteiger partial charge in [0.05, 0.1) is 6.61 Å². The number of piperidine rings is 1. The standard InChI is InChI=1S/C19H29NO4/c1-15-5-6-17(11-16(15)2)24-12-18(22)20-9-4-7-19(13-20,14-21)8-10-23-3/h5-6,11,21H,4,7-10,12-14H2,1-3H3/t19-/m0/s1. The predicted molar refractivity (Wildman–Crippen MR) is 93.2 cm³/mol. The van der Waals surface area contributed by atoms with Gasteiger partial charge in [0.2, 0.25) is 0 Å². The highest BCUT2D eigenvalue weighted by atomic mass is 16.5. The Morgan fingerprint density at radius 1 is 1.33 bits per heavy atom. The minimum atomic E-state index is -0.246. The SMILES string of the molecule is COCC[C@@]1(CO)CCCN(C(=O)COc2ccc(C)c(C)c2)C1. The molecule has 0 spiro atoms. The molecule has 0 radical (unpaired) electrons. The molecule has 0 unspecified atom stereocenters. The van der Waals surface area contributed by atoms with Crippen molar-refractivity contribution >= 4 is 5.91 Å². The first kappa shape index (κ1) is 18.7. The lowest BCUT2D eigenvalue weighted by atomic mass is 9.78. The van der Waals surface area contributed by atoms with E-state index in [1.807, 2.05) is 36.9 Å². The average Bonchev–Trinajstić information content (AvgIpc) is 2.61. The summed E-state index contributed by atoms with van der Waals surface area (Å²) < 4.78 is 10.8. The van der Waals surface area contributed by atoms with E-state index < -0.39 is 0 Å². The van der Waals surface area contributed by atoms with Crippen LogP contribution in [0.5, 0.6) is 5.75 Å². The number of ether oxygens (including phenoxy) is 2. The smallest absolute Gasteiger partial charge is 0.260 e. The summed E-state index contributed by atoms with van der Waals surface area (Å²) in [6.45, 7) is 6.09. The quantitative estimate of drug-likeness (QED) is 0.831. The number of aliphatic hydroxyl groups is 1. The van der Waals surface area contributed by atoms with Crippen LogP contribution in [-0.2, 0) is 9.53 Å². The van der Waals surface area contributed by atoms with Crippen LogP contribution in [0, 0.1) is 19.3 Å². The zero-order valence-corrected chi connectivity index (χ0v) is 15.0. The maximum Gasteiger partial charge on any atom is 0.260 e. The summed E-state index contributed by atoms with van der Waals surface area (Å²) in [5.41, 5.74) is 2.11. The summed E-state index contributed by atoms with van der Waals surface area (Å²) in [6.07, 6.45) is 2.59. The molecule has 1 N–H and O–H groups in total. The van der Waals surface area contributed by atoms with E-state index >= 15 is 0 Å². The molecule has 1 aromatic carbocycles. The third-order valence-electron chi connectivity index (χ3n) is 5.03. The summed E-state index contributed by atoms with van der Waals surface area (Å²) >= 11 is 0. The largest absolute Gasteiger partial charge is 0.484 e. The molecule has 0 aromatic heterocycles. The summed E-state index contributed by atoms with van der Waals surface area (Å²) in [5, 5.41) is 9.81. The van der Waals surface area contributed by atoms with Crippen LogP contribution in [-0.4, -0.2) is 55.9 Å². The normalized spacial score (nSPS) is 20.9. The Labute approximate surface area is 144 Å². The Morgan fingerprint density at radius 3 is 2.79 bits per heavy atom. The molecule has 1 aliphatic rings. The molecule has 1 aromatic rings. The Kier molecular flexibility index (Phi) is 6.63. The molecule has 0 saturated carbocycles. The molecular weight excluding hydrogens is 306 g/mol. The summed E-state index contributed by atoms with van der Waals surface area (Å²) in [4.78, 5) is 14.3. The highest BCUT2D eigenvalue weighted by Crippen LogP contribution is 2.33. The number of amides is 1. The molecule has 134 valence electrons. The fourth-order valence-corrected chi connectivity index (χ4v) is 3.19. The van der Waals surface area contributed by atoms with E-state index in [-0.39, 0.29) is 24.5 Å². The van der Waals surface area contributed by atoms with Gasteiger partial charge in [0.1, 0.15) is 5.75 Å². The Morgan fingerprint density at radius 2 is 2.12 bits per heavy atom. The molecule has 1 heterocycles. The molecule has 1 amide bonds. The molecule has 1 fully saturated rings. The zero-order valence-electron chi connectivity index (χ0n) is 15.0. The van der Waals surface area contributed by atoms with Gasteiger partial charge in [-0.3, -0.25) is 4.79 Å². The van der Waals surface area contributed by atoms with Crippen molar-refractivity contribution in [3.05, 3.63) is 29.3 Å². The molecule has 5 heteroatoms. The molecule has 5 nitrogen and oxygen atoms in total. The van der Waals surface area contributed by atoms with Crippen LogP contribution in [0.1, 0.15) is 30.4 Å². The van der Waals surface area contributed by atoms with Gasteiger partial charge in [0.25, 0.3) is 5.91 Å². The second-order valence-electron chi connectivity index (χ2n) is 6.85. The number of carbonyl (C=O) groups is 1. The van der Waals surface area contributed by atoms with Crippen molar-refractivity contribution in [2.24, 2.45) is 5.41 Å². The van der Waals surface area contributed by atoms with Crippen LogP contribution in [0.2, 0.25) is 0 Å². The van der Waals surface area contributed by atoms with Gasteiger partial charge in [-0.2, -0.15) is 0 Å². The highest BCUT2D eigenvalue weighted by Gasteiger charge is 2.36. The average molecular weight is 335 g/mol. The molecule has 0 bridgehead atoms. The van der Waals surface area contributed by atoms with Gasteiger partial charge in [-0.15, -0.1) is 0 Å². The van der Waals surface area contributed by atoms with Crippen molar-refractivity contribution in [1.29, 1.82) is 0 Å². The van der Waals surface area contributed by atoms with Crippen molar-refractivity contribution in [2.75, 3.05) is 40.0 Å². The minimum Gasteiger partial charge on any atom is -0.484 e. The van der Waals surface area contributed by atoms with Gasteiger partial charge < -0.3 is 19.5 Å². The lowest BCUT2D eigenvalue weighted by molar-refractivity contribution is -0.138. The van der Waals surface area contributed by atoms with Gasteiger partial charge in [0.15, 0.2) is 6.61 Å². The number of hydrogen-bond acceptors (Lipinski definition) is 4. The number of aliphatic hydroxyl groups excluding tert-OH is 1. The fourth-order valence-electron chi connectivity index (χ4n) is 3.19. The van der Waals surface area contributed by atoms with Gasteiger partial charge in [-0.25, -0.2) is 0 Å². The fraction of sp³-hybridized carbons (Fsp3) is 0.632. The molecular formula is C19H29NO4. The van der Waals surface area contributed by atoms with Gasteiger partial charge in [0, 0.05) is 32.2 Å². The third kappa shape index (κ3) is 4.71. The zero-order chi connectivity index (χ0) is 17.6. The molecule has 24 heavy (non-hydrogen) atoms. The first-order valence-electron chi connectivity index (χ1n) is 8.57. The maximum absolute atomic E-state index is 12.5. The first-order valence-corrected chi connectivity index (χ1v) is 8.57. The van der Waals surface area contributed by atoms with Crippen LogP contribution in [0.15, 0.2) is 18.2 Å². The summed E-state index contributed by atoms with van der Waals surface area (Å²) in [6, 6.07) is 5.84. The van der Waals surface area contributed by atoms with E-state index in [2.05, 4.69) is 0 Å². The number of aryl methyl sites for hydroxylation is 2. The van der Waals surface area contributed by atoms with Crippen molar-refractivity contribution < 1.29 is 19.4 Å². The number of hydrogen-bond donors (Lipinski definition) is 1. The first-order chi connectivity index (χ1) is 11.5. The number of benzene rings is 1. The second kappa shape index (κ2) is 8.49. The van der Waals surface area contributed by atoms with Crippen LogP contribution in [0.3, 0.4) is 0 Å². The van der Waals surface area contributed by atoms with Crippen LogP contribution in [0.4, 0.5) is 0 Å². The maximum atomic E-state index is 12.5. The summed E-state index contributed by atoms with van der Waals surface area (Å²) in [5.74, 6) is 0.694. The molecule has 0 aliphatic carbocycles. The lowest BCUT2D eigenvalue weighted by Gasteiger charge is -2.41. The molecule has 1 aliphatic heterocycles. The number of carbonyl (C=O) groups excluding carboxylic acids is 1. The minimum absolute atomic E-state index is 0.0248. The van der Waals surface area contributed by atoms with E-state index in [0.29, 0.717) is 13.2 Å². The molecule has 1 saturated heterocycles. The van der Waals surface area contributed by atoms with E-state index in [1.165, 1.54) is 5.56 Å². The second-order valence-corrected chi connectivity index (χ2v) is 6.85. The third-order valence-corrected chi connectivity index (χ3v) is 5.03. The Bertz CT molecular complexity index is 560. The van der Waals surface area contributed by atoms with Gasteiger partial charge in [-0.05, 0) is 56.4 Å². The van der Waals surface area contributed by atoms with Crippen LogP contribution < -0.4 is 4.74 Å². The van der Waals surface area contributed by atoms with E-state index in [0.717, 1.165) is 37.1 Å². The van der Waals surface area contributed by atoms with E-state index in [1.54, 1.807) is 7.11 Å². The van der Waals surface area contributed by atoms with Crippen LogP contribution >= 0.6 is 0 Å². The van der Waals surface area contributed by atoms with Crippen LogP contribution in [0.25, 0.3) is 0 Å². The van der Waals surface area contributed by atoms with Crippen molar-refractivity contribution in [1.82, 2.24) is 4.90 Å². The van der Waals surface area contributed by atoms with E-state index in [9.17, 15) is 9.90 Å². The van der Waals surface area contributed by atoms with Gasteiger partial charge in [-0.1, -0.05) is 6.07 Å². The van der Waals surface area contributed by atoms with Gasteiger partial charge >= 0.3 is 0 Å². The highest BCUT2D eigenvalue weighted by molar-refractivity contribution is 5.78. The topological polar surface area (TPSA) is 59.0 Å². The van der Waals surface area contributed by atoms with Crippen molar-refractivity contribution in [3.8, 4) is 5.75 Å². The summed E-state index contributed by atoms with van der Waals surface area (Å²) in [7, 11) is 1.66. The number of likely N-dealkylation sites (tertiary alicyclic amines) is 1. The van der Waals surface area contributed by atoms with Crippen molar-refractivity contribution in [3.63, 3.8) is 0 Å².